The van der Waals surface area contributed by atoms with Crippen molar-refractivity contribution >= 4 is 17.3 Å². The van der Waals surface area contributed by atoms with Crippen molar-refractivity contribution in [3.05, 3.63) is 23.8 Å². The molecule has 3 saturated heterocycles. The topological polar surface area (TPSA) is 75.6 Å². The quantitative estimate of drug-likeness (QED) is 0.766. The van der Waals surface area contributed by atoms with Gasteiger partial charge in [-0.2, -0.15) is 0 Å². The van der Waals surface area contributed by atoms with Crippen LogP contribution in [0.25, 0.3) is 0 Å². The summed E-state index contributed by atoms with van der Waals surface area (Å²) < 4.78 is 0. The number of rotatable bonds is 2. The van der Waals surface area contributed by atoms with Crippen molar-refractivity contribution in [2.24, 2.45) is 5.73 Å². The fraction of sp³-hybridized carbons (Fsp3) is 0.500. The van der Waals surface area contributed by atoms with Crippen LogP contribution >= 0.6 is 0 Å². The Morgan fingerprint density at radius 2 is 1.89 bits per heavy atom. The first kappa shape index (κ1) is 12.3. The molecular weight excluding hydrogens is 240 g/mol. The SMILES string of the molecule is NC(=O)c1cc(N2CCN3CCC2CC3)ccc1N. The van der Waals surface area contributed by atoms with E-state index < -0.39 is 5.91 Å². The van der Waals surface area contributed by atoms with E-state index >= 15 is 0 Å². The molecule has 0 atom stereocenters. The third kappa shape index (κ3) is 2.26. The number of carbonyl (C=O) groups is 1. The van der Waals surface area contributed by atoms with E-state index in [2.05, 4.69) is 9.80 Å². The number of nitrogen functional groups attached to an aromatic ring is 1. The summed E-state index contributed by atoms with van der Waals surface area (Å²) in [4.78, 5) is 16.3. The van der Waals surface area contributed by atoms with Gasteiger partial charge in [-0.05, 0) is 31.0 Å². The van der Waals surface area contributed by atoms with Crippen LogP contribution < -0.4 is 16.4 Å². The third-order valence-corrected chi connectivity index (χ3v) is 4.29. The molecule has 5 heteroatoms. The van der Waals surface area contributed by atoms with Gasteiger partial charge in [-0.25, -0.2) is 0 Å². The molecule has 102 valence electrons. The van der Waals surface area contributed by atoms with E-state index in [0.29, 0.717) is 17.3 Å². The first-order valence-corrected chi connectivity index (χ1v) is 6.83. The van der Waals surface area contributed by atoms with Gasteiger partial charge in [-0.1, -0.05) is 0 Å². The number of amides is 1. The zero-order chi connectivity index (χ0) is 13.4. The second kappa shape index (κ2) is 4.74. The second-order valence-electron chi connectivity index (χ2n) is 5.40. The minimum Gasteiger partial charge on any atom is -0.398 e. The van der Waals surface area contributed by atoms with Gasteiger partial charge >= 0.3 is 0 Å². The molecule has 2 bridgehead atoms. The summed E-state index contributed by atoms with van der Waals surface area (Å²) in [5.41, 5.74) is 13.1. The van der Waals surface area contributed by atoms with Crippen LogP contribution in [0.2, 0.25) is 0 Å². The lowest BCUT2D eigenvalue weighted by molar-refractivity contribution is 0.100. The van der Waals surface area contributed by atoms with Gasteiger partial charge in [0.1, 0.15) is 0 Å². The van der Waals surface area contributed by atoms with Crippen LogP contribution in [0, 0.1) is 0 Å². The highest BCUT2D eigenvalue weighted by Gasteiger charge is 2.29. The highest BCUT2D eigenvalue weighted by atomic mass is 16.1. The Hall–Kier alpha value is -1.75. The number of nitrogens with two attached hydrogens (primary N) is 2. The first-order chi connectivity index (χ1) is 9.15. The van der Waals surface area contributed by atoms with Gasteiger partial charge in [0.2, 0.25) is 0 Å². The van der Waals surface area contributed by atoms with E-state index in [-0.39, 0.29) is 0 Å². The third-order valence-electron chi connectivity index (χ3n) is 4.29. The van der Waals surface area contributed by atoms with Gasteiger partial charge in [0.25, 0.3) is 5.91 Å². The molecule has 0 aromatic heterocycles. The minimum absolute atomic E-state index is 0.427. The predicted octanol–water partition coefficient (Wildman–Crippen LogP) is 0.652. The number of hydrogen-bond acceptors (Lipinski definition) is 4. The second-order valence-corrected chi connectivity index (χ2v) is 5.40. The van der Waals surface area contributed by atoms with Crippen LogP contribution in [-0.4, -0.2) is 43.0 Å². The number of nitrogens with zero attached hydrogens (tertiary/aromatic N) is 2. The Kier molecular flexibility index (Phi) is 3.06. The molecule has 0 unspecified atom stereocenters. The maximum atomic E-state index is 11.4. The zero-order valence-corrected chi connectivity index (χ0v) is 11.0. The first-order valence-electron chi connectivity index (χ1n) is 6.83. The van der Waals surface area contributed by atoms with Crippen LogP contribution in [0.15, 0.2) is 18.2 Å². The van der Waals surface area contributed by atoms with Crippen LogP contribution in [0.1, 0.15) is 23.2 Å². The van der Waals surface area contributed by atoms with E-state index in [1.165, 1.54) is 25.9 Å². The summed E-state index contributed by atoms with van der Waals surface area (Å²) in [6, 6.07) is 6.19. The van der Waals surface area contributed by atoms with Gasteiger partial charge in [-0.15, -0.1) is 0 Å². The van der Waals surface area contributed by atoms with Crippen molar-refractivity contribution < 1.29 is 4.79 Å². The molecule has 3 heterocycles. The molecule has 0 spiro atoms. The highest BCUT2D eigenvalue weighted by Crippen LogP contribution is 2.28. The van der Waals surface area contributed by atoms with Gasteiger partial charge in [-0.3, -0.25) is 4.79 Å². The Morgan fingerprint density at radius 1 is 1.16 bits per heavy atom. The monoisotopic (exact) mass is 260 g/mol. The van der Waals surface area contributed by atoms with Gasteiger partial charge in [0, 0.05) is 43.6 Å². The molecule has 0 saturated carbocycles. The Balaban J connectivity index is 1.93. The van der Waals surface area contributed by atoms with Crippen molar-refractivity contribution in [1.82, 2.24) is 4.90 Å². The number of primary amides is 1. The summed E-state index contributed by atoms with van der Waals surface area (Å²) in [7, 11) is 0. The lowest BCUT2D eigenvalue weighted by Crippen LogP contribution is -2.38. The molecular formula is C14H20N4O. The number of hydrogen-bond donors (Lipinski definition) is 2. The fourth-order valence-corrected chi connectivity index (χ4v) is 3.16. The minimum atomic E-state index is -0.456. The lowest BCUT2D eigenvalue weighted by atomic mass is 10.0. The zero-order valence-electron chi connectivity index (χ0n) is 11.0. The van der Waals surface area contributed by atoms with E-state index in [9.17, 15) is 4.79 Å². The molecule has 1 aromatic carbocycles. The standard InChI is InChI=1S/C14H20N4O/c15-13-2-1-11(9-12(13)14(16)19)18-8-7-17-5-3-10(18)4-6-17/h1-2,9-10H,3-8,15H2,(H2,16,19). The molecule has 3 fully saturated rings. The van der Waals surface area contributed by atoms with Crippen molar-refractivity contribution in [1.29, 1.82) is 0 Å². The van der Waals surface area contributed by atoms with E-state index in [4.69, 9.17) is 11.5 Å². The van der Waals surface area contributed by atoms with E-state index in [0.717, 1.165) is 18.8 Å². The summed E-state index contributed by atoms with van der Waals surface area (Å²) in [6.45, 7) is 4.46. The summed E-state index contributed by atoms with van der Waals surface area (Å²) in [5.74, 6) is -0.456. The molecule has 5 nitrogen and oxygen atoms in total. The molecule has 1 amide bonds. The lowest BCUT2D eigenvalue weighted by Gasteiger charge is -2.33. The number of benzene rings is 1. The van der Waals surface area contributed by atoms with Gasteiger partial charge in [0.15, 0.2) is 0 Å². The Morgan fingerprint density at radius 3 is 2.58 bits per heavy atom. The normalized spacial score (nSPS) is 26.2. The maximum absolute atomic E-state index is 11.4. The molecule has 4 rings (SSSR count). The average molecular weight is 260 g/mol. The van der Waals surface area contributed by atoms with Crippen LogP contribution in [0.4, 0.5) is 11.4 Å². The Labute approximate surface area is 113 Å². The molecule has 1 aromatic rings. The molecule has 0 aliphatic carbocycles. The predicted molar refractivity (Wildman–Crippen MR) is 76.2 cm³/mol. The van der Waals surface area contributed by atoms with Crippen molar-refractivity contribution in [2.45, 2.75) is 18.9 Å². The summed E-state index contributed by atoms with van der Waals surface area (Å²) >= 11 is 0. The van der Waals surface area contributed by atoms with Crippen LogP contribution in [0.3, 0.4) is 0 Å². The van der Waals surface area contributed by atoms with Crippen molar-refractivity contribution in [3.8, 4) is 0 Å². The smallest absolute Gasteiger partial charge is 0.250 e. The molecule has 19 heavy (non-hydrogen) atoms. The maximum Gasteiger partial charge on any atom is 0.250 e. The van der Waals surface area contributed by atoms with Crippen LogP contribution in [0.5, 0.6) is 0 Å². The van der Waals surface area contributed by atoms with E-state index in [1.807, 2.05) is 12.1 Å². The van der Waals surface area contributed by atoms with Gasteiger partial charge < -0.3 is 21.3 Å². The average Bonchev–Trinajstić information content (AvgIpc) is 2.73. The van der Waals surface area contributed by atoms with Crippen molar-refractivity contribution in [3.63, 3.8) is 0 Å². The fourth-order valence-electron chi connectivity index (χ4n) is 3.16. The highest BCUT2D eigenvalue weighted by molar-refractivity contribution is 5.99. The number of carbonyl (C=O) groups excluding carboxylic acids is 1. The molecule has 3 aliphatic rings. The molecule has 4 N–H and O–H groups in total. The number of anilines is 2. The largest absolute Gasteiger partial charge is 0.398 e. The summed E-state index contributed by atoms with van der Waals surface area (Å²) in [5, 5.41) is 0. The van der Waals surface area contributed by atoms with Gasteiger partial charge in [0.05, 0.1) is 5.56 Å². The molecule has 3 aliphatic heterocycles. The number of fused-ring (bicyclic) bond motifs is 4. The Bertz CT molecular complexity index is 494. The molecule has 0 radical (unpaired) electrons. The van der Waals surface area contributed by atoms with Crippen LogP contribution in [-0.2, 0) is 0 Å². The number of piperidine rings is 1. The van der Waals surface area contributed by atoms with Crippen molar-refractivity contribution in [2.75, 3.05) is 36.8 Å². The van der Waals surface area contributed by atoms with E-state index in [1.54, 1.807) is 6.07 Å². The summed E-state index contributed by atoms with van der Waals surface area (Å²) in [6.07, 6.45) is 2.38.